The Kier molecular flexibility index (Phi) is 4.69. The van der Waals surface area contributed by atoms with Gasteiger partial charge in [-0.3, -0.25) is 4.79 Å². The lowest BCUT2D eigenvalue weighted by Gasteiger charge is -2.20. The van der Waals surface area contributed by atoms with Crippen LogP contribution in [0.15, 0.2) is 18.2 Å². The van der Waals surface area contributed by atoms with Crippen LogP contribution in [0.1, 0.15) is 55.6 Å². The minimum atomic E-state index is 0.122. The van der Waals surface area contributed by atoms with Crippen molar-refractivity contribution in [3.8, 4) is 0 Å². The highest BCUT2D eigenvalue weighted by Crippen LogP contribution is 2.25. The van der Waals surface area contributed by atoms with Crippen molar-refractivity contribution in [3.05, 3.63) is 34.9 Å². The molecule has 2 nitrogen and oxygen atoms in total. The van der Waals surface area contributed by atoms with E-state index < -0.39 is 0 Å². The van der Waals surface area contributed by atoms with Gasteiger partial charge in [-0.25, -0.2) is 0 Å². The van der Waals surface area contributed by atoms with Crippen molar-refractivity contribution in [2.24, 2.45) is 11.7 Å². The van der Waals surface area contributed by atoms with Crippen molar-refractivity contribution in [1.82, 2.24) is 0 Å². The first-order valence-electron chi connectivity index (χ1n) is 6.60. The summed E-state index contributed by atoms with van der Waals surface area (Å²) in [6.07, 6.45) is 0.534. The number of benzene rings is 1. The van der Waals surface area contributed by atoms with Crippen LogP contribution in [0.4, 0.5) is 0 Å². The molecule has 1 unspecified atom stereocenters. The van der Waals surface area contributed by atoms with Gasteiger partial charge in [0.25, 0.3) is 0 Å². The lowest BCUT2D eigenvalue weighted by Crippen LogP contribution is -2.16. The summed E-state index contributed by atoms with van der Waals surface area (Å²) in [5, 5.41) is 0. The van der Waals surface area contributed by atoms with Crippen LogP contribution in [0.5, 0.6) is 0 Å². The molecular formula is C16H25NO. The Morgan fingerprint density at radius 3 is 2.39 bits per heavy atom. The molecule has 0 aromatic heterocycles. The molecule has 1 atom stereocenters. The zero-order valence-electron chi connectivity index (χ0n) is 12.2. The van der Waals surface area contributed by atoms with E-state index in [4.69, 9.17) is 5.73 Å². The molecule has 0 fully saturated rings. The molecule has 0 saturated carbocycles. The maximum Gasteiger partial charge on any atom is 0.163 e. The van der Waals surface area contributed by atoms with Gasteiger partial charge < -0.3 is 5.73 Å². The van der Waals surface area contributed by atoms with E-state index in [0.29, 0.717) is 13.0 Å². The third kappa shape index (κ3) is 3.67. The summed E-state index contributed by atoms with van der Waals surface area (Å²) in [5.74, 6) is 0.449. The number of ketones is 1. The second-order valence-electron chi connectivity index (χ2n) is 6.25. The fourth-order valence-electron chi connectivity index (χ4n) is 1.95. The van der Waals surface area contributed by atoms with E-state index in [1.165, 1.54) is 5.56 Å². The third-order valence-electron chi connectivity index (χ3n) is 3.33. The number of hydrogen-bond acceptors (Lipinski definition) is 2. The van der Waals surface area contributed by atoms with Crippen LogP contribution < -0.4 is 5.73 Å². The first kappa shape index (κ1) is 14.9. The zero-order valence-corrected chi connectivity index (χ0v) is 12.2. The number of aryl methyl sites for hydroxylation is 1. The van der Waals surface area contributed by atoms with Gasteiger partial charge in [0.1, 0.15) is 0 Å². The molecule has 1 aromatic carbocycles. The van der Waals surface area contributed by atoms with Crippen LogP contribution in [0.3, 0.4) is 0 Å². The predicted octanol–water partition coefficient (Wildman–Crippen LogP) is 3.46. The second kappa shape index (κ2) is 5.66. The highest BCUT2D eigenvalue weighted by Gasteiger charge is 2.17. The smallest absolute Gasteiger partial charge is 0.163 e. The Morgan fingerprint density at radius 1 is 1.33 bits per heavy atom. The standard InChI is InChI=1S/C16H25NO/c1-11(10-17)8-15(18)14-7-6-13(9-12(14)2)16(3,4)5/h6-7,9,11H,8,10,17H2,1-5H3. The molecule has 100 valence electrons. The molecule has 0 amide bonds. The largest absolute Gasteiger partial charge is 0.330 e. The summed E-state index contributed by atoms with van der Waals surface area (Å²) in [5.41, 5.74) is 8.86. The Morgan fingerprint density at radius 2 is 1.94 bits per heavy atom. The number of Topliss-reactive ketones (excluding diaryl/α,β-unsaturated/α-hetero) is 1. The summed E-state index contributed by atoms with van der Waals surface area (Å²) in [4.78, 5) is 12.1. The van der Waals surface area contributed by atoms with Crippen LogP contribution in [0.25, 0.3) is 0 Å². The molecule has 0 aliphatic heterocycles. The summed E-state index contributed by atoms with van der Waals surface area (Å²) >= 11 is 0. The lowest BCUT2D eigenvalue weighted by atomic mass is 9.84. The van der Waals surface area contributed by atoms with Crippen LogP contribution in [0, 0.1) is 12.8 Å². The maximum absolute atomic E-state index is 12.1. The Labute approximate surface area is 111 Å². The van der Waals surface area contributed by atoms with E-state index in [1.807, 2.05) is 19.9 Å². The van der Waals surface area contributed by atoms with E-state index in [0.717, 1.165) is 11.1 Å². The Hall–Kier alpha value is -1.15. The lowest BCUT2D eigenvalue weighted by molar-refractivity contribution is 0.0965. The van der Waals surface area contributed by atoms with Crippen molar-refractivity contribution in [3.63, 3.8) is 0 Å². The van der Waals surface area contributed by atoms with Gasteiger partial charge in [0.2, 0.25) is 0 Å². The molecule has 0 bridgehead atoms. The average Bonchev–Trinajstić information content (AvgIpc) is 2.27. The minimum absolute atomic E-state index is 0.122. The van der Waals surface area contributed by atoms with Gasteiger partial charge in [-0.2, -0.15) is 0 Å². The SMILES string of the molecule is Cc1cc(C(C)(C)C)ccc1C(=O)CC(C)CN. The number of nitrogens with two attached hydrogens (primary N) is 1. The molecule has 1 rings (SSSR count). The fourth-order valence-corrected chi connectivity index (χ4v) is 1.95. The number of carbonyl (C=O) groups is 1. The van der Waals surface area contributed by atoms with Gasteiger partial charge >= 0.3 is 0 Å². The molecule has 0 aliphatic carbocycles. The summed E-state index contributed by atoms with van der Waals surface area (Å²) in [6.45, 7) is 11.1. The number of rotatable bonds is 4. The second-order valence-corrected chi connectivity index (χ2v) is 6.25. The first-order chi connectivity index (χ1) is 8.25. The van der Waals surface area contributed by atoms with Crippen molar-refractivity contribution in [2.75, 3.05) is 6.54 Å². The van der Waals surface area contributed by atoms with Crippen molar-refractivity contribution >= 4 is 5.78 Å². The molecule has 0 saturated heterocycles. The topological polar surface area (TPSA) is 43.1 Å². The number of hydrogen-bond donors (Lipinski definition) is 1. The Balaban J connectivity index is 2.96. The van der Waals surface area contributed by atoms with E-state index in [-0.39, 0.29) is 17.1 Å². The van der Waals surface area contributed by atoms with Crippen molar-refractivity contribution in [2.45, 2.75) is 46.5 Å². The minimum Gasteiger partial charge on any atom is -0.330 e. The maximum atomic E-state index is 12.1. The van der Waals surface area contributed by atoms with Crippen LogP contribution in [-0.2, 0) is 5.41 Å². The van der Waals surface area contributed by atoms with E-state index in [9.17, 15) is 4.79 Å². The molecule has 1 aromatic rings. The Bertz CT molecular complexity index is 429. The van der Waals surface area contributed by atoms with E-state index in [1.54, 1.807) is 0 Å². The summed E-state index contributed by atoms with van der Waals surface area (Å²) in [6, 6.07) is 6.15. The van der Waals surface area contributed by atoms with Gasteiger partial charge in [-0.15, -0.1) is 0 Å². The molecule has 0 heterocycles. The van der Waals surface area contributed by atoms with Gasteiger partial charge in [0, 0.05) is 12.0 Å². The van der Waals surface area contributed by atoms with Crippen LogP contribution >= 0.6 is 0 Å². The van der Waals surface area contributed by atoms with Gasteiger partial charge in [-0.05, 0) is 35.9 Å². The highest BCUT2D eigenvalue weighted by atomic mass is 16.1. The molecule has 0 radical (unpaired) electrons. The molecule has 0 aliphatic rings. The van der Waals surface area contributed by atoms with E-state index >= 15 is 0 Å². The van der Waals surface area contributed by atoms with Crippen LogP contribution in [0.2, 0.25) is 0 Å². The molecule has 2 heteroatoms. The first-order valence-corrected chi connectivity index (χ1v) is 6.60. The fraction of sp³-hybridized carbons (Fsp3) is 0.562. The molecule has 0 spiro atoms. The average molecular weight is 247 g/mol. The van der Waals surface area contributed by atoms with Gasteiger partial charge in [-0.1, -0.05) is 45.9 Å². The van der Waals surface area contributed by atoms with E-state index in [2.05, 4.69) is 32.9 Å². The predicted molar refractivity (Wildman–Crippen MR) is 77.0 cm³/mol. The van der Waals surface area contributed by atoms with Gasteiger partial charge in [0.15, 0.2) is 5.78 Å². The van der Waals surface area contributed by atoms with Crippen molar-refractivity contribution < 1.29 is 4.79 Å². The molecular weight excluding hydrogens is 222 g/mol. The van der Waals surface area contributed by atoms with Crippen LogP contribution in [-0.4, -0.2) is 12.3 Å². The summed E-state index contributed by atoms with van der Waals surface area (Å²) in [7, 11) is 0. The zero-order chi connectivity index (χ0) is 13.9. The normalized spacial score (nSPS) is 13.4. The third-order valence-corrected chi connectivity index (χ3v) is 3.33. The highest BCUT2D eigenvalue weighted by molar-refractivity contribution is 5.97. The summed E-state index contributed by atoms with van der Waals surface area (Å²) < 4.78 is 0. The van der Waals surface area contributed by atoms with Gasteiger partial charge in [0.05, 0.1) is 0 Å². The molecule has 2 N–H and O–H groups in total. The number of carbonyl (C=O) groups excluding carboxylic acids is 1. The molecule has 18 heavy (non-hydrogen) atoms. The quantitative estimate of drug-likeness (QED) is 0.828. The monoisotopic (exact) mass is 247 g/mol. The van der Waals surface area contributed by atoms with Crippen molar-refractivity contribution in [1.29, 1.82) is 0 Å².